The normalized spacial score (nSPS) is 22.9. The van der Waals surface area contributed by atoms with Crippen molar-refractivity contribution in [3.63, 3.8) is 0 Å². The number of aromatic nitrogens is 1. The predicted molar refractivity (Wildman–Crippen MR) is 112 cm³/mol. The van der Waals surface area contributed by atoms with Crippen LogP contribution in [-0.2, 0) is 6.54 Å². The highest BCUT2D eigenvalue weighted by atomic mass is 16.2. The Bertz CT molecular complexity index is 802. The number of rotatable bonds is 4. The third-order valence-electron chi connectivity index (χ3n) is 6.45. The standard InChI is InChI=1S/C24H31N3O/c1-19(2)21-6-4-20(5-7-21)16-26-14-3-10-24(17-26)11-15-27(18-24)23(28)22-8-12-25-13-9-22/h4-9,12-13,19H,3,10-11,14-18H2,1-2H3/t24-/m0/s1. The average Bonchev–Trinajstić information content (AvgIpc) is 3.11. The molecule has 0 saturated carbocycles. The van der Waals surface area contributed by atoms with Crippen molar-refractivity contribution in [3.05, 3.63) is 65.5 Å². The maximum absolute atomic E-state index is 12.8. The summed E-state index contributed by atoms with van der Waals surface area (Å²) in [5.74, 6) is 0.732. The molecule has 4 rings (SSSR count). The summed E-state index contributed by atoms with van der Waals surface area (Å²) in [6, 6.07) is 12.7. The van der Waals surface area contributed by atoms with E-state index in [-0.39, 0.29) is 11.3 Å². The summed E-state index contributed by atoms with van der Waals surface area (Å²) in [7, 11) is 0. The zero-order valence-corrected chi connectivity index (χ0v) is 17.1. The molecule has 148 valence electrons. The first-order valence-electron chi connectivity index (χ1n) is 10.6. The summed E-state index contributed by atoms with van der Waals surface area (Å²) < 4.78 is 0. The monoisotopic (exact) mass is 377 g/mol. The van der Waals surface area contributed by atoms with E-state index in [1.807, 2.05) is 12.1 Å². The van der Waals surface area contributed by atoms with Crippen LogP contribution in [0.5, 0.6) is 0 Å². The number of carbonyl (C=O) groups is 1. The Morgan fingerprint density at radius 3 is 2.50 bits per heavy atom. The molecule has 0 N–H and O–H groups in total. The van der Waals surface area contributed by atoms with Gasteiger partial charge in [0, 0.05) is 49.6 Å². The van der Waals surface area contributed by atoms with Crippen LogP contribution in [0.15, 0.2) is 48.8 Å². The Hall–Kier alpha value is -2.20. The lowest BCUT2D eigenvalue weighted by atomic mass is 9.79. The van der Waals surface area contributed by atoms with Gasteiger partial charge in [-0.25, -0.2) is 0 Å². The van der Waals surface area contributed by atoms with Crippen molar-refractivity contribution in [2.75, 3.05) is 26.2 Å². The zero-order valence-electron chi connectivity index (χ0n) is 17.1. The molecule has 4 nitrogen and oxygen atoms in total. The first kappa shape index (κ1) is 19.1. The third kappa shape index (κ3) is 4.12. The highest BCUT2D eigenvalue weighted by molar-refractivity contribution is 5.94. The van der Waals surface area contributed by atoms with Gasteiger partial charge in [0.05, 0.1) is 0 Å². The van der Waals surface area contributed by atoms with Gasteiger partial charge in [0.15, 0.2) is 0 Å². The molecule has 1 aromatic carbocycles. The highest BCUT2D eigenvalue weighted by Gasteiger charge is 2.42. The van der Waals surface area contributed by atoms with Gasteiger partial charge in [-0.05, 0) is 55.0 Å². The molecule has 0 radical (unpaired) electrons. The molecule has 1 amide bonds. The van der Waals surface area contributed by atoms with E-state index in [1.165, 1.54) is 24.0 Å². The quantitative estimate of drug-likeness (QED) is 0.796. The lowest BCUT2D eigenvalue weighted by Crippen LogP contribution is -2.45. The molecule has 1 spiro atoms. The summed E-state index contributed by atoms with van der Waals surface area (Å²) in [5.41, 5.74) is 3.81. The molecule has 0 bridgehead atoms. The van der Waals surface area contributed by atoms with Crippen molar-refractivity contribution in [1.29, 1.82) is 0 Å². The second-order valence-electron chi connectivity index (χ2n) is 8.92. The lowest BCUT2D eigenvalue weighted by molar-refractivity contribution is 0.0675. The molecule has 1 atom stereocenters. The molecular weight excluding hydrogens is 346 g/mol. The summed E-state index contributed by atoms with van der Waals surface area (Å²) in [5, 5.41) is 0. The van der Waals surface area contributed by atoms with Crippen LogP contribution < -0.4 is 0 Å². The molecule has 0 unspecified atom stereocenters. The Kier molecular flexibility index (Phi) is 5.49. The molecule has 0 aliphatic carbocycles. The number of likely N-dealkylation sites (tertiary alicyclic amines) is 2. The molecule has 2 aliphatic heterocycles. The van der Waals surface area contributed by atoms with E-state index in [0.717, 1.165) is 44.7 Å². The van der Waals surface area contributed by atoms with Gasteiger partial charge in [0.25, 0.3) is 5.91 Å². The topological polar surface area (TPSA) is 36.4 Å². The summed E-state index contributed by atoms with van der Waals surface area (Å²) in [4.78, 5) is 21.5. The van der Waals surface area contributed by atoms with E-state index in [4.69, 9.17) is 0 Å². The van der Waals surface area contributed by atoms with E-state index in [2.05, 4.69) is 52.9 Å². The van der Waals surface area contributed by atoms with Crippen LogP contribution in [0.3, 0.4) is 0 Å². The van der Waals surface area contributed by atoms with E-state index in [0.29, 0.717) is 5.92 Å². The van der Waals surface area contributed by atoms with E-state index >= 15 is 0 Å². The Balaban J connectivity index is 1.39. The number of benzene rings is 1. The SMILES string of the molecule is CC(C)c1ccc(CN2CCC[C@]3(CCN(C(=O)c4ccncc4)C3)C2)cc1. The van der Waals surface area contributed by atoms with E-state index in [9.17, 15) is 4.79 Å². The number of hydrogen-bond donors (Lipinski definition) is 0. The van der Waals surface area contributed by atoms with Crippen molar-refractivity contribution in [2.45, 2.75) is 45.6 Å². The van der Waals surface area contributed by atoms with Crippen molar-refractivity contribution < 1.29 is 4.79 Å². The van der Waals surface area contributed by atoms with Crippen LogP contribution in [0.1, 0.15) is 60.5 Å². The van der Waals surface area contributed by atoms with E-state index in [1.54, 1.807) is 12.4 Å². The molecule has 2 aliphatic rings. The highest BCUT2D eigenvalue weighted by Crippen LogP contribution is 2.39. The fraction of sp³-hybridized carbons (Fsp3) is 0.500. The van der Waals surface area contributed by atoms with Crippen molar-refractivity contribution in [1.82, 2.24) is 14.8 Å². The van der Waals surface area contributed by atoms with Crippen molar-refractivity contribution in [3.8, 4) is 0 Å². The molecule has 2 fully saturated rings. The Morgan fingerprint density at radius 2 is 1.79 bits per heavy atom. The summed E-state index contributed by atoms with van der Waals surface area (Å²) in [6.07, 6.45) is 6.97. The number of piperidine rings is 1. The minimum absolute atomic E-state index is 0.153. The maximum atomic E-state index is 12.8. The van der Waals surface area contributed by atoms with Crippen LogP contribution in [0.2, 0.25) is 0 Å². The number of carbonyl (C=O) groups excluding carboxylic acids is 1. The van der Waals surface area contributed by atoms with Gasteiger partial charge in [-0.3, -0.25) is 14.7 Å². The van der Waals surface area contributed by atoms with Crippen LogP contribution in [0.4, 0.5) is 0 Å². The first-order valence-corrected chi connectivity index (χ1v) is 10.6. The molecule has 2 aromatic rings. The summed E-state index contributed by atoms with van der Waals surface area (Å²) in [6.45, 7) is 9.50. The van der Waals surface area contributed by atoms with Crippen LogP contribution in [0.25, 0.3) is 0 Å². The van der Waals surface area contributed by atoms with Crippen molar-refractivity contribution >= 4 is 5.91 Å². The van der Waals surface area contributed by atoms with Gasteiger partial charge in [-0.1, -0.05) is 38.1 Å². The first-order chi connectivity index (χ1) is 13.5. The summed E-state index contributed by atoms with van der Waals surface area (Å²) >= 11 is 0. The Labute approximate surface area is 168 Å². The van der Waals surface area contributed by atoms with Crippen molar-refractivity contribution in [2.24, 2.45) is 5.41 Å². The molecule has 1 aromatic heterocycles. The largest absolute Gasteiger partial charge is 0.338 e. The second kappa shape index (κ2) is 8.04. The van der Waals surface area contributed by atoms with Gasteiger partial charge < -0.3 is 4.90 Å². The molecule has 4 heteroatoms. The maximum Gasteiger partial charge on any atom is 0.253 e. The smallest absolute Gasteiger partial charge is 0.253 e. The van der Waals surface area contributed by atoms with Gasteiger partial charge in [-0.2, -0.15) is 0 Å². The fourth-order valence-electron chi connectivity index (χ4n) is 4.83. The second-order valence-corrected chi connectivity index (χ2v) is 8.92. The average molecular weight is 378 g/mol. The Morgan fingerprint density at radius 1 is 1.04 bits per heavy atom. The van der Waals surface area contributed by atoms with E-state index < -0.39 is 0 Å². The lowest BCUT2D eigenvalue weighted by Gasteiger charge is -2.40. The predicted octanol–water partition coefficient (Wildman–Crippen LogP) is 4.33. The molecule has 2 saturated heterocycles. The number of pyridine rings is 1. The zero-order chi connectivity index (χ0) is 19.6. The van der Waals surface area contributed by atoms with Gasteiger partial charge >= 0.3 is 0 Å². The van der Waals surface area contributed by atoms with Crippen LogP contribution in [-0.4, -0.2) is 46.9 Å². The third-order valence-corrected chi connectivity index (χ3v) is 6.45. The molecule has 3 heterocycles. The molecular formula is C24H31N3O. The van der Waals surface area contributed by atoms with Crippen LogP contribution >= 0.6 is 0 Å². The minimum atomic E-state index is 0.153. The molecule has 28 heavy (non-hydrogen) atoms. The fourth-order valence-corrected chi connectivity index (χ4v) is 4.83. The van der Waals surface area contributed by atoms with Gasteiger partial charge in [0.1, 0.15) is 0 Å². The minimum Gasteiger partial charge on any atom is -0.338 e. The number of nitrogens with zero attached hydrogens (tertiary/aromatic N) is 3. The van der Waals surface area contributed by atoms with Gasteiger partial charge in [-0.15, -0.1) is 0 Å². The number of amides is 1. The van der Waals surface area contributed by atoms with Gasteiger partial charge in [0.2, 0.25) is 0 Å². The number of hydrogen-bond acceptors (Lipinski definition) is 3. The van der Waals surface area contributed by atoms with Crippen LogP contribution in [0, 0.1) is 5.41 Å².